The number of nitrogens with zero attached hydrogens (tertiary/aromatic N) is 3. The van der Waals surface area contributed by atoms with Gasteiger partial charge in [0.2, 0.25) is 5.91 Å². The average molecular weight is 573 g/mol. The van der Waals surface area contributed by atoms with Gasteiger partial charge < -0.3 is 26.0 Å². The summed E-state index contributed by atoms with van der Waals surface area (Å²) < 4.78 is 5.37. The Morgan fingerprint density at radius 3 is 2.67 bits per heavy atom. The van der Waals surface area contributed by atoms with Crippen LogP contribution in [0.25, 0.3) is 0 Å². The molecule has 1 aliphatic heterocycles. The quantitative estimate of drug-likeness (QED) is 0.226. The maximum Gasteiger partial charge on any atom is 0.220 e. The van der Waals surface area contributed by atoms with Crippen LogP contribution in [0.2, 0.25) is 0 Å². The number of rotatable bonds is 10. The summed E-state index contributed by atoms with van der Waals surface area (Å²) in [6.07, 6.45) is 9.56. The Bertz CT molecular complexity index is 761. The molecule has 3 rings (SSSR count). The van der Waals surface area contributed by atoms with Crippen LogP contribution < -0.4 is 21.3 Å². The molecule has 1 aromatic heterocycles. The van der Waals surface area contributed by atoms with Gasteiger partial charge in [-0.1, -0.05) is 18.9 Å². The predicted molar refractivity (Wildman–Crippen MR) is 144 cm³/mol. The summed E-state index contributed by atoms with van der Waals surface area (Å²) in [6, 6.07) is 4.05. The van der Waals surface area contributed by atoms with Crippen LogP contribution in [0, 0.1) is 11.3 Å². The van der Waals surface area contributed by atoms with E-state index in [-0.39, 0.29) is 35.8 Å². The smallest absolute Gasteiger partial charge is 0.220 e. The fraction of sp³-hybridized carbons (Fsp3) is 0.708. The lowest BCUT2D eigenvalue weighted by Gasteiger charge is -2.32. The molecule has 0 unspecified atom stereocenters. The first-order valence-electron chi connectivity index (χ1n) is 12.1. The molecule has 2 aliphatic rings. The van der Waals surface area contributed by atoms with Crippen molar-refractivity contribution in [3.8, 4) is 0 Å². The van der Waals surface area contributed by atoms with Crippen molar-refractivity contribution in [2.24, 2.45) is 22.1 Å². The average Bonchev–Trinajstić information content (AvgIpc) is 3.29. The van der Waals surface area contributed by atoms with E-state index in [2.05, 4.69) is 33.5 Å². The van der Waals surface area contributed by atoms with Crippen LogP contribution in [-0.2, 0) is 16.1 Å². The van der Waals surface area contributed by atoms with Gasteiger partial charge in [0, 0.05) is 57.6 Å². The fourth-order valence-corrected chi connectivity index (χ4v) is 4.95. The molecule has 0 radical (unpaired) electrons. The van der Waals surface area contributed by atoms with Crippen molar-refractivity contribution in [2.75, 3.05) is 44.8 Å². The van der Waals surface area contributed by atoms with Crippen LogP contribution >= 0.6 is 24.0 Å². The number of hydrogen-bond acceptors (Lipinski definition) is 5. The highest BCUT2D eigenvalue weighted by Crippen LogP contribution is 2.40. The molecular weight excluding hydrogens is 531 g/mol. The summed E-state index contributed by atoms with van der Waals surface area (Å²) in [6.45, 7) is 6.77. The van der Waals surface area contributed by atoms with Gasteiger partial charge in [0.1, 0.15) is 5.82 Å². The van der Waals surface area contributed by atoms with Crippen LogP contribution in [0.4, 0.5) is 5.82 Å². The summed E-state index contributed by atoms with van der Waals surface area (Å²) in [5, 5.41) is 6.99. The van der Waals surface area contributed by atoms with E-state index >= 15 is 0 Å². The molecular formula is C24H41IN6O2. The number of piperidine rings is 1. The third-order valence-electron chi connectivity index (χ3n) is 6.95. The van der Waals surface area contributed by atoms with Gasteiger partial charge in [-0.2, -0.15) is 0 Å². The number of nitrogens with one attached hydrogen (secondary N) is 2. The van der Waals surface area contributed by atoms with Crippen molar-refractivity contribution in [2.45, 2.75) is 58.4 Å². The van der Waals surface area contributed by atoms with E-state index in [4.69, 9.17) is 15.5 Å². The van der Waals surface area contributed by atoms with E-state index in [1.807, 2.05) is 12.3 Å². The highest BCUT2D eigenvalue weighted by molar-refractivity contribution is 14.0. The van der Waals surface area contributed by atoms with Gasteiger partial charge in [0.25, 0.3) is 0 Å². The van der Waals surface area contributed by atoms with Crippen molar-refractivity contribution in [1.29, 1.82) is 0 Å². The number of carbonyl (C=O) groups is 1. The monoisotopic (exact) mass is 572 g/mol. The largest absolute Gasteiger partial charge is 0.385 e. The number of carbonyl (C=O) groups excluding carboxylic acids is 1. The van der Waals surface area contributed by atoms with E-state index in [0.29, 0.717) is 12.0 Å². The first-order chi connectivity index (χ1) is 15.6. The van der Waals surface area contributed by atoms with Crippen molar-refractivity contribution in [3.05, 3.63) is 23.9 Å². The molecule has 186 valence electrons. The van der Waals surface area contributed by atoms with Gasteiger partial charge in [0.15, 0.2) is 5.96 Å². The molecule has 2 heterocycles. The summed E-state index contributed by atoms with van der Waals surface area (Å²) >= 11 is 0. The van der Waals surface area contributed by atoms with E-state index in [0.717, 1.165) is 69.4 Å². The number of amides is 1. The van der Waals surface area contributed by atoms with Crippen molar-refractivity contribution in [3.63, 3.8) is 0 Å². The molecule has 4 N–H and O–H groups in total. The van der Waals surface area contributed by atoms with E-state index in [1.54, 1.807) is 7.11 Å². The zero-order valence-electron chi connectivity index (χ0n) is 20.1. The number of anilines is 1. The van der Waals surface area contributed by atoms with E-state index in [1.165, 1.54) is 25.7 Å². The number of methoxy groups -OCH3 is 1. The molecule has 2 fully saturated rings. The molecule has 0 atom stereocenters. The summed E-state index contributed by atoms with van der Waals surface area (Å²) in [5.74, 6) is 1.59. The highest BCUT2D eigenvalue weighted by atomic mass is 127. The van der Waals surface area contributed by atoms with Gasteiger partial charge in [0.05, 0.1) is 6.54 Å². The lowest BCUT2D eigenvalue weighted by Crippen LogP contribution is -2.43. The topological polar surface area (TPSA) is 105 Å². The number of ether oxygens (including phenoxy) is 1. The summed E-state index contributed by atoms with van der Waals surface area (Å²) in [7, 11) is 1.78. The number of hydrogen-bond donors (Lipinski definition) is 3. The van der Waals surface area contributed by atoms with E-state index < -0.39 is 0 Å². The van der Waals surface area contributed by atoms with Crippen LogP contribution in [0.1, 0.15) is 57.4 Å². The van der Waals surface area contributed by atoms with Crippen LogP contribution in [0.5, 0.6) is 0 Å². The first kappa shape index (κ1) is 27.6. The summed E-state index contributed by atoms with van der Waals surface area (Å²) in [4.78, 5) is 23.3. The molecule has 1 aromatic rings. The number of halogens is 1. The number of nitrogens with two attached hydrogens (primary N) is 1. The molecule has 1 saturated heterocycles. The number of aliphatic imine (C=N–C) groups is 1. The Morgan fingerprint density at radius 2 is 2.03 bits per heavy atom. The van der Waals surface area contributed by atoms with Crippen LogP contribution in [0.15, 0.2) is 23.3 Å². The third-order valence-corrected chi connectivity index (χ3v) is 6.95. The van der Waals surface area contributed by atoms with Gasteiger partial charge in [-0.15, -0.1) is 24.0 Å². The molecule has 1 saturated carbocycles. The second-order valence-electron chi connectivity index (χ2n) is 9.15. The number of aromatic nitrogens is 1. The maximum atomic E-state index is 11.5. The van der Waals surface area contributed by atoms with Crippen molar-refractivity contribution >= 4 is 41.7 Å². The molecule has 0 aromatic carbocycles. The predicted octanol–water partition coefficient (Wildman–Crippen LogP) is 3.05. The molecule has 0 bridgehead atoms. The van der Waals surface area contributed by atoms with Gasteiger partial charge >= 0.3 is 0 Å². The molecule has 33 heavy (non-hydrogen) atoms. The highest BCUT2D eigenvalue weighted by Gasteiger charge is 2.33. The minimum Gasteiger partial charge on any atom is -0.385 e. The maximum absolute atomic E-state index is 11.5. The molecule has 1 aliphatic carbocycles. The zero-order valence-corrected chi connectivity index (χ0v) is 22.5. The SMILES string of the molecule is CCNC(=NCc1cccnc1N1CCC(C(N)=O)CC1)NCC1(CCOC)CCCC1.I. The molecule has 1 amide bonds. The summed E-state index contributed by atoms with van der Waals surface area (Å²) in [5.41, 5.74) is 6.89. The Balaban J connectivity index is 0.00000385. The molecule has 0 spiro atoms. The van der Waals surface area contributed by atoms with Crippen LogP contribution in [-0.4, -0.2) is 56.7 Å². The standard InChI is InChI=1S/C24H40N6O2.HI/c1-3-26-23(29-18-24(12-16-32-2)10-4-5-11-24)28-17-20-7-6-13-27-22(20)30-14-8-19(9-15-30)21(25)31;/h6-7,13,19H,3-5,8-12,14-18H2,1-2H3,(H2,25,31)(H2,26,28,29);1H. The minimum absolute atomic E-state index is 0. The second kappa shape index (κ2) is 13.9. The lowest BCUT2D eigenvalue weighted by atomic mass is 9.83. The molecule has 8 nitrogen and oxygen atoms in total. The Kier molecular flexibility index (Phi) is 11.7. The van der Waals surface area contributed by atoms with Gasteiger partial charge in [-0.05, 0) is 50.5 Å². The van der Waals surface area contributed by atoms with Gasteiger partial charge in [-0.3, -0.25) is 4.79 Å². The zero-order chi connectivity index (χ0) is 22.8. The fourth-order valence-electron chi connectivity index (χ4n) is 4.95. The lowest BCUT2D eigenvalue weighted by molar-refractivity contribution is -0.122. The number of guanidine groups is 1. The Hall–Kier alpha value is -1.62. The second-order valence-corrected chi connectivity index (χ2v) is 9.15. The number of primary amides is 1. The first-order valence-corrected chi connectivity index (χ1v) is 12.1. The number of pyridine rings is 1. The van der Waals surface area contributed by atoms with Gasteiger partial charge in [-0.25, -0.2) is 9.98 Å². The van der Waals surface area contributed by atoms with Crippen molar-refractivity contribution < 1.29 is 9.53 Å². The normalized spacial score (nSPS) is 18.6. The minimum atomic E-state index is -0.192. The molecule has 9 heteroatoms. The third kappa shape index (κ3) is 7.98. The van der Waals surface area contributed by atoms with Crippen molar-refractivity contribution in [1.82, 2.24) is 15.6 Å². The Morgan fingerprint density at radius 1 is 1.30 bits per heavy atom. The van der Waals surface area contributed by atoms with Crippen LogP contribution in [0.3, 0.4) is 0 Å². The Labute approximate surface area is 215 Å². The van der Waals surface area contributed by atoms with E-state index in [9.17, 15) is 4.79 Å².